The molecule has 1 N–H and O–H groups in total. The minimum Gasteiger partial charge on any atom is -0.326 e. The molecule has 1 atom stereocenters. The van der Waals surface area contributed by atoms with Crippen molar-refractivity contribution in [2.24, 2.45) is 5.92 Å². The third-order valence-electron chi connectivity index (χ3n) is 4.24. The molecule has 0 unspecified atom stereocenters. The van der Waals surface area contributed by atoms with Gasteiger partial charge < -0.3 is 5.32 Å². The lowest BCUT2D eigenvalue weighted by atomic mass is 9.96. The second-order valence-corrected chi connectivity index (χ2v) is 6.97. The smallest absolute Gasteiger partial charge is 0.228 e. The molecule has 1 saturated heterocycles. The van der Waals surface area contributed by atoms with Gasteiger partial charge >= 0.3 is 0 Å². The van der Waals surface area contributed by atoms with Gasteiger partial charge in [-0.3, -0.25) is 9.69 Å². The van der Waals surface area contributed by atoms with Gasteiger partial charge in [0.1, 0.15) is 0 Å². The van der Waals surface area contributed by atoms with Crippen molar-refractivity contribution < 1.29 is 4.79 Å². The number of hydrogen-bond donors (Lipinski definition) is 1. The van der Waals surface area contributed by atoms with E-state index in [1.54, 1.807) is 0 Å². The van der Waals surface area contributed by atoms with Crippen molar-refractivity contribution in [1.82, 2.24) is 4.90 Å². The first-order valence-corrected chi connectivity index (χ1v) is 8.83. The number of rotatable bonds is 4. The van der Waals surface area contributed by atoms with Crippen LogP contribution in [0.5, 0.6) is 0 Å². The number of hydrogen-bond acceptors (Lipinski definition) is 2. The number of nitrogens with one attached hydrogen (secondary N) is 1. The normalized spacial score (nSPS) is 18.6. The summed E-state index contributed by atoms with van der Waals surface area (Å²) in [4.78, 5) is 14.9. The molecule has 0 aliphatic carbocycles. The molecule has 1 fully saturated rings. The van der Waals surface area contributed by atoms with Crippen molar-refractivity contribution in [3.63, 3.8) is 0 Å². The van der Waals surface area contributed by atoms with Crippen molar-refractivity contribution in [1.29, 1.82) is 0 Å². The van der Waals surface area contributed by atoms with E-state index in [0.717, 1.165) is 42.6 Å². The van der Waals surface area contributed by atoms with E-state index in [1.165, 1.54) is 5.56 Å². The molecule has 1 aliphatic rings. The maximum absolute atomic E-state index is 12.5. The van der Waals surface area contributed by atoms with Crippen LogP contribution in [0.1, 0.15) is 18.4 Å². The topological polar surface area (TPSA) is 32.3 Å². The van der Waals surface area contributed by atoms with E-state index in [1.807, 2.05) is 30.3 Å². The summed E-state index contributed by atoms with van der Waals surface area (Å²) in [6.45, 7) is 2.82. The molecule has 0 radical (unpaired) electrons. The fraction of sp³-hybridized carbons (Fsp3) is 0.316. The van der Waals surface area contributed by atoms with E-state index in [0.29, 0.717) is 0 Å². The Bertz CT molecular complexity index is 642. The average molecular weight is 373 g/mol. The summed E-state index contributed by atoms with van der Waals surface area (Å²) in [6.07, 6.45) is 2.04. The predicted molar refractivity (Wildman–Crippen MR) is 97.2 cm³/mol. The van der Waals surface area contributed by atoms with Crippen LogP contribution in [0.4, 0.5) is 5.69 Å². The summed E-state index contributed by atoms with van der Waals surface area (Å²) in [5, 5.41) is 3.04. The van der Waals surface area contributed by atoms with Crippen molar-refractivity contribution in [2.45, 2.75) is 19.4 Å². The molecule has 120 valence electrons. The van der Waals surface area contributed by atoms with Crippen LogP contribution in [0.25, 0.3) is 0 Å². The van der Waals surface area contributed by atoms with Crippen molar-refractivity contribution in [3.8, 4) is 0 Å². The molecule has 23 heavy (non-hydrogen) atoms. The highest BCUT2D eigenvalue weighted by atomic mass is 79.9. The van der Waals surface area contributed by atoms with Gasteiger partial charge in [-0.1, -0.05) is 46.3 Å². The third-order valence-corrected chi connectivity index (χ3v) is 4.77. The van der Waals surface area contributed by atoms with E-state index in [2.05, 4.69) is 50.4 Å². The molecule has 1 amide bonds. The van der Waals surface area contributed by atoms with Crippen LogP contribution in [0, 0.1) is 5.92 Å². The van der Waals surface area contributed by atoms with Gasteiger partial charge in [0.15, 0.2) is 0 Å². The average Bonchev–Trinajstić information content (AvgIpc) is 2.58. The van der Waals surface area contributed by atoms with E-state index < -0.39 is 0 Å². The maximum Gasteiger partial charge on any atom is 0.228 e. The summed E-state index contributed by atoms with van der Waals surface area (Å²) >= 11 is 3.41. The zero-order valence-electron chi connectivity index (χ0n) is 13.0. The van der Waals surface area contributed by atoms with Gasteiger partial charge in [-0.25, -0.2) is 0 Å². The molecule has 1 heterocycles. The Morgan fingerprint density at radius 1 is 1.13 bits per heavy atom. The third kappa shape index (κ3) is 4.66. The number of carbonyl (C=O) groups excluding carboxylic acids is 1. The Labute approximate surface area is 145 Å². The van der Waals surface area contributed by atoms with Gasteiger partial charge in [-0.2, -0.15) is 0 Å². The lowest BCUT2D eigenvalue weighted by Gasteiger charge is -2.32. The molecular weight excluding hydrogens is 352 g/mol. The molecule has 2 aromatic carbocycles. The van der Waals surface area contributed by atoms with Gasteiger partial charge in [-0.05, 0) is 49.2 Å². The van der Waals surface area contributed by atoms with Crippen molar-refractivity contribution >= 4 is 27.5 Å². The summed E-state index contributed by atoms with van der Waals surface area (Å²) in [6, 6.07) is 18.2. The maximum atomic E-state index is 12.5. The summed E-state index contributed by atoms with van der Waals surface area (Å²) in [5.41, 5.74) is 2.17. The fourth-order valence-corrected chi connectivity index (χ4v) is 3.30. The van der Waals surface area contributed by atoms with Gasteiger partial charge in [0.05, 0.1) is 5.92 Å². The number of benzene rings is 2. The van der Waals surface area contributed by atoms with Crippen LogP contribution in [-0.4, -0.2) is 23.9 Å². The molecule has 3 rings (SSSR count). The Kier molecular flexibility index (Phi) is 5.47. The first-order valence-electron chi connectivity index (χ1n) is 8.03. The van der Waals surface area contributed by atoms with Crippen molar-refractivity contribution in [2.75, 3.05) is 18.4 Å². The second-order valence-electron chi connectivity index (χ2n) is 6.06. The van der Waals surface area contributed by atoms with Gasteiger partial charge in [0, 0.05) is 23.2 Å². The lowest BCUT2D eigenvalue weighted by molar-refractivity contribution is -0.121. The van der Waals surface area contributed by atoms with Crippen molar-refractivity contribution in [3.05, 3.63) is 64.6 Å². The quantitative estimate of drug-likeness (QED) is 0.867. The number of likely N-dealkylation sites (tertiary alicyclic amines) is 1. The highest BCUT2D eigenvalue weighted by molar-refractivity contribution is 9.10. The Balaban J connectivity index is 1.57. The summed E-state index contributed by atoms with van der Waals surface area (Å²) < 4.78 is 1.02. The molecule has 0 aromatic heterocycles. The number of halogens is 1. The highest BCUT2D eigenvalue weighted by Gasteiger charge is 2.25. The largest absolute Gasteiger partial charge is 0.326 e. The van der Waals surface area contributed by atoms with Crippen LogP contribution in [0.15, 0.2) is 59.1 Å². The second kappa shape index (κ2) is 7.75. The number of nitrogens with zero attached hydrogens (tertiary/aromatic N) is 1. The van der Waals surface area contributed by atoms with Crippen LogP contribution in [0.2, 0.25) is 0 Å². The Hall–Kier alpha value is -1.65. The first kappa shape index (κ1) is 16.2. The lowest BCUT2D eigenvalue weighted by Crippen LogP contribution is -2.40. The minimum absolute atomic E-state index is 0.0658. The molecular formula is C19H21BrN2O. The molecule has 0 spiro atoms. The number of piperidine rings is 1. The van der Waals surface area contributed by atoms with Crippen LogP contribution in [-0.2, 0) is 11.3 Å². The Morgan fingerprint density at radius 3 is 2.61 bits per heavy atom. The van der Waals surface area contributed by atoms with E-state index >= 15 is 0 Å². The van der Waals surface area contributed by atoms with Gasteiger partial charge in [0.2, 0.25) is 5.91 Å². The number of amides is 1. The van der Waals surface area contributed by atoms with E-state index in [-0.39, 0.29) is 11.8 Å². The SMILES string of the molecule is O=C(Nc1ccc(Br)cc1)[C@H]1CCCN(Cc2ccccc2)C1. The first-order chi connectivity index (χ1) is 11.2. The number of anilines is 1. The molecule has 1 aliphatic heterocycles. The zero-order valence-corrected chi connectivity index (χ0v) is 14.6. The molecule has 2 aromatic rings. The van der Waals surface area contributed by atoms with Gasteiger partial charge in [-0.15, -0.1) is 0 Å². The van der Waals surface area contributed by atoms with E-state index in [9.17, 15) is 4.79 Å². The van der Waals surface area contributed by atoms with Crippen LogP contribution < -0.4 is 5.32 Å². The molecule has 3 nitrogen and oxygen atoms in total. The van der Waals surface area contributed by atoms with E-state index in [4.69, 9.17) is 0 Å². The summed E-state index contributed by atoms with van der Waals surface area (Å²) in [7, 11) is 0. The monoisotopic (exact) mass is 372 g/mol. The minimum atomic E-state index is 0.0658. The van der Waals surface area contributed by atoms with Crippen LogP contribution in [0.3, 0.4) is 0 Å². The number of carbonyl (C=O) groups is 1. The molecule has 0 bridgehead atoms. The standard InChI is InChI=1S/C19H21BrN2O/c20-17-8-10-18(11-9-17)21-19(23)16-7-4-12-22(14-16)13-15-5-2-1-3-6-15/h1-3,5-6,8-11,16H,4,7,12-14H2,(H,21,23)/t16-/m0/s1. The predicted octanol–water partition coefficient (Wildman–Crippen LogP) is 4.30. The van der Waals surface area contributed by atoms with Gasteiger partial charge in [0.25, 0.3) is 0 Å². The van der Waals surface area contributed by atoms with Crippen LogP contribution >= 0.6 is 15.9 Å². The Morgan fingerprint density at radius 2 is 1.87 bits per heavy atom. The fourth-order valence-electron chi connectivity index (χ4n) is 3.03. The summed E-state index contributed by atoms with van der Waals surface area (Å²) in [5.74, 6) is 0.196. The zero-order chi connectivity index (χ0) is 16.1. The molecule has 0 saturated carbocycles. The molecule has 4 heteroatoms. The highest BCUT2D eigenvalue weighted by Crippen LogP contribution is 2.21.